The smallest absolute Gasteiger partial charge is 0.305 e. The molecule has 2 aromatic carbocycles. The minimum Gasteiger partial charge on any atom is -0.481 e. The number of rotatable bonds is 9. The van der Waals surface area contributed by atoms with Gasteiger partial charge in [0, 0.05) is 19.0 Å². The van der Waals surface area contributed by atoms with E-state index in [9.17, 15) is 37.5 Å². The van der Waals surface area contributed by atoms with Gasteiger partial charge in [-0.15, -0.1) is 0 Å². The third-order valence-electron chi connectivity index (χ3n) is 6.47. The van der Waals surface area contributed by atoms with Crippen molar-refractivity contribution in [1.82, 2.24) is 15.4 Å². The lowest BCUT2D eigenvalue weighted by Crippen LogP contribution is -2.49. The van der Waals surface area contributed by atoms with Gasteiger partial charge in [0.1, 0.15) is 12.6 Å². The summed E-state index contributed by atoms with van der Waals surface area (Å²) >= 11 is 0. The van der Waals surface area contributed by atoms with Crippen molar-refractivity contribution >= 4 is 34.5 Å². The summed E-state index contributed by atoms with van der Waals surface area (Å²) < 4.78 is 51.8. The molecule has 0 aliphatic carbocycles. The molecule has 10 nitrogen and oxygen atoms in total. The number of ketones is 1. The monoisotopic (exact) mass is 547 g/mol. The van der Waals surface area contributed by atoms with Gasteiger partial charge in [-0.3, -0.25) is 19.2 Å². The molecule has 206 valence electrons. The van der Waals surface area contributed by atoms with Gasteiger partial charge in [0.2, 0.25) is 11.7 Å². The Morgan fingerprint density at radius 3 is 2.54 bits per heavy atom. The van der Waals surface area contributed by atoms with Gasteiger partial charge in [-0.1, -0.05) is 17.3 Å². The van der Waals surface area contributed by atoms with E-state index in [1.54, 1.807) is 24.3 Å². The normalized spacial score (nSPS) is 14.7. The maximum absolute atomic E-state index is 14.2. The quantitative estimate of drug-likeness (QED) is 0.390. The number of carbonyl (C=O) groups excluding carboxylic acids is 3. The molecule has 3 aromatic rings. The van der Waals surface area contributed by atoms with E-state index in [1.165, 1.54) is 11.8 Å². The average Bonchev–Trinajstić information content (AvgIpc) is 3.35. The summed E-state index contributed by atoms with van der Waals surface area (Å²) in [5.74, 6) is -9.33. The number of carbonyl (C=O) groups is 4. The number of amides is 2. The van der Waals surface area contributed by atoms with Crippen LogP contribution in [0.25, 0.3) is 11.0 Å². The Morgan fingerprint density at radius 1 is 1.15 bits per heavy atom. The average molecular weight is 547 g/mol. The summed E-state index contributed by atoms with van der Waals surface area (Å²) in [4.78, 5) is 51.2. The number of likely N-dealkylation sites (tertiary alicyclic amines) is 1. The molecule has 2 amide bonds. The first kappa shape index (κ1) is 27.6. The van der Waals surface area contributed by atoms with Crippen molar-refractivity contribution in [3.05, 3.63) is 59.0 Å². The molecule has 1 fully saturated rings. The van der Waals surface area contributed by atoms with Gasteiger partial charge < -0.3 is 24.6 Å². The van der Waals surface area contributed by atoms with Gasteiger partial charge in [0.05, 0.1) is 11.8 Å². The molecule has 1 atom stereocenters. The lowest BCUT2D eigenvalue weighted by atomic mass is 9.94. The van der Waals surface area contributed by atoms with E-state index in [0.717, 1.165) is 0 Å². The number of aliphatic carboxylic acids is 1. The number of piperidine rings is 1. The summed E-state index contributed by atoms with van der Waals surface area (Å²) in [6.07, 6.45) is -0.342. The Kier molecular flexibility index (Phi) is 8.17. The van der Waals surface area contributed by atoms with E-state index in [4.69, 9.17) is 9.26 Å². The number of hydrogen-bond acceptors (Lipinski definition) is 7. The van der Waals surface area contributed by atoms with Crippen molar-refractivity contribution in [3.63, 3.8) is 0 Å². The van der Waals surface area contributed by atoms with Crippen LogP contribution >= 0.6 is 0 Å². The lowest BCUT2D eigenvalue weighted by Gasteiger charge is -2.31. The second-order valence-electron chi connectivity index (χ2n) is 9.14. The van der Waals surface area contributed by atoms with Gasteiger partial charge in [-0.2, -0.15) is 4.39 Å². The third-order valence-corrected chi connectivity index (χ3v) is 6.47. The van der Waals surface area contributed by atoms with Crippen LogP contribution in [0.15, 0.2) is 34.9 Å². The molecule has 4 rings (SSSR count). The van der Waals surface area contributed by atoms with Crippen molar-refractivity contribution in [3.8, 4) is 5.75 Å². The number of nitrogens with zero attached hydrogens (tertiary/aromatic N) is 2. The minimum absolute atomic E-state index is 0.155. The maximum Gasteiger partial charge on any atom is 0.305 e. The summed E-state index contributed by atoms with van der Waals surface area (Å²) in [6, 6.07) is 5.96. The van der Waals surface area contributed by atoms with Crippen LogP contribution in [0.5, 0.6) is 5.75 Å². The standard InChI is InChI=1S/C26H24F3N3O7/c1-13-10-16(27)22(29)24(21(13)28)38-12-18(33)17(11-20(34)35)30-25(36)14-6-8-32(9-7-14)26(37)23-15-4-2-3-5-19(15)39-31-23/h2-5,10,14,17H,6-9,11-12H2,1H3,(H,30,36)(H,34,35)/t17-/m0/s1. The number of benzene rings is 2. The van der Waals surface area contributed by atoms with Gasteiger partial charge >= 0.3 is 5.97 Å². The molecule has 2 heterocycles. The number of aryl methyl sites for hydroxylation is 1. The summed E-state index contributed by atoms with van der Waals surface area (Å²) in [7, 11) is 0. The summed E-state index contributed by atoms with van der Waals surface area (Å²) in [6.45, 7) is 0.576. The van der Waals surface area contributed by atoms with Crippen LogP contribution < -0.4 is 10.1 Å². The predicted octanol–water partition coefficient (Wildman–Crippen LogP) is 3.01. The second-order valence-corrected chi connectivity index (χ2v) is 9.14. The van der Waals surface area contributed by atoms with Crippen LogP contribution in [0.3, 0.4) is 0 Å². The molecule has 0 spiro atoms. The number of Topliss-reactive ketones (excluding diaryl/α,β-unsaturated/α-hetero) is 1. The van der Waals surface area contributed by atoms with E-state index >= 15 is 0 Å². The van der Waals surface area contributed by atoms with Gasteiger partial charge in [-0.05, 0) is 43.5 Å². The summed E-state index contributed by atoms with van der Waals surface area (Å²) in [5, 5.41) is 16.0. The number of carboxylic acids is 1. The molecule has 1 aliphatic rings. The fourth-order valence-electron chi connectivity index (χ4n) is 4.32. The zero-order valence-electron chi connectivity index (χ0n) is 20.7. The first-order valence-corrected chi connectivity index (χ1v) is 12.0. The second kappa shape index (κ2) is 11.5. The van der Waals surface area contributed by atoms with Crippen molar-refractivity contribution in [2.75, 3.05) is 19.7 Å². The highest BCUT2D eigenvalue weighted by molar-refractivity contribution is 6.04. The largest absolute Gasteiger partial charge is 0.481 e. The van der Waals surface area contributed by atoms with Crippen LogP contribution in [0.2, 0.25) is 0 Å². The Morgan fingerprint density at radius 2 is 1.85 bits per heavy atom. The van der Waals surface area contributed by atoms with E-state index in [2.05, 4.69) is 10.5 Å². The number of fused-ring (bicyclic) bond motifs is 1. The topological polar surface area (TPSA) is 139 Å². The Hall–Kier alpha value is -4.42. The predicted molar refractivity (Wildman–Crippen MR) is 128 cm³/mol. The van der Waals surface area contributed by atoms with Crippen molar-refractivity contribution in [2.24, 2.45) is 5.92 Å². The summed E-state index contributed by atoms with van der Waals surface area (Å²) in [5.41, 5.74) is 0.363. The lowest BCUT2D eigenvalue weighted by molar-refractivity contribution is -0.141. The number of carboxylic acid groups (broad SMARTS) is 1. The molecule has 2 N–H and O–H groups in total. The molecule has 0 saturated carbocycles. The van der Waals surface area contributed by atoms with E-state index in [1.807, 2.05) is 0 Å². The van der Waals surface area contributed by atoms with E-state index in [-0.39, 0.29) is 43.1 Å². The number of nitrogens with one attached hydrogen (secondary N) is 1. The number of hydrogen-bond donors (Lipinski definition) is 2. The van der Waals surface area contributed by atoms with Crippen LogP contribution in [-0.4, -0.2) is 64.5 Å². The fraction of sp³-hybridized carbons (Fsp3) is 0.346. The Bertz CT molecular complexity index is 1410. The number of aromatic nitrogens is 1. The molecule has 39 heavy (non-hydrogen) atoms. The van der Waals surface area contributed by atoms with Gasteiger partial charge in [-0.25, -0.2) is 8.78 Å². The Balaban J connectivity index is 1.36. The van der Waals surface area contributed by atoms with Crippen LogP contribution in [0.4, 0.5) is 13.2 Å². The molecule has 1 saturated heterocycles. The van der Waals surface area contributed by atoms with Gasteiger partial charge in [0.25, 0.3) is 5.91 Å². The molecular formula is C26H24F3N3O7. The zero-order chi connectivity index (χ0) is 28.3. The number of ether oxygens (including phenoxy) is 1. The van der Waals surface area contributed by atoms with Crippen LogP contribution in [0, 0.1) is 30.3 Å². The van der Waals surface area contributed by atoms with Crippen molar-refractivity contribution < 1.29 is 46.7 Å². The zero-order valence-corrected chi connectivity index (χ0v) is 20.7. The fourth-order valence-corrected chi connectivity index (χ4v) is 4.32. The highest BCUT2D eigenvalue weighted by Gasteiger charge is 2.33. The number of halogens is 3. The Labute approximate surface area is 219 Å². The molecule has 0 bridgehead atoms. The molecule has 13 heteroatoms. The molecule has 1 aliphatic heterocycles. The molecule has 0 radical (unpaired) electrons. The van der Waals surface area contributed by atoms with Gasteiger partial charge in [0.15, 0.2) is 34.4 Å². The van der Waals surface area contributed by atoms with Crippen LogP contribution in [-0.2, 0) is 14.4 Å². The van der Waals surface area contributed by atoms with Crippen molar-refractivity contribution in [2.45, 2.75) is 32.2 Å². The molecular weight excluding hydrogens is 523 g/mol. The number of para-hydroxylation sites is 1. The first-order valence-electron chi connectivity index (χ1n) is 12.0. The van der Waals surface area contributed by atoms with E-state index in [0.29, 0.717) is 17.0 Å². The first-order chi connectivity index (χ1) is 18.6. The highest BCUT2D eigenvalue weighted by atomic mass is 19.2. The SMILES string of the molecule is Cc1cc(F)c(F)c(OCC(=O)[C@H](CC(=O)O)NC(=O)C2CCN(C(=O)c3noc4ccccc34)CC2)c1F. The van der Waals surface area contributed by atoms with E-state index < -0.39 is 65.8 Å². The molecule has 0 unspecified atom stereocenters. The third kappa shape index (κ3) is 6.02. The molecule has 1 aromatic heterocycles. The minimum atomic E-state index is -1.63. The highest BCUT2D eigenvalue weighted by Crippen LogP contribution is 2.27. The van der Waals surface area contributed by atoms with Crippen LogP contribution in [0.1, 0.15) is 35.3 Å². The maximum atomic E-state index is 14.2. The van der Waals surface area contributed by atoms with Crippen molar-refractivity contribution in [1.29, 1.82) is 0 Å².